The van der Waals surface area contributed by atoms with Gasteiger partial charge < -0.3 is 20.3 Å². The number of rotatable bonds is 7. The summed E-state index contributed by atoms with van der Waals surface area (Å²) in [7, 11) is 1.99. The van der Waals surface area contributed by atoms with E-state index in [2.05, 4.69) is 25.5 Å². The summed E-state index contributed by atoms with van der Waals surface area (Å²) >= 11 is 1.43. The normalized spacial score (nSPS) is 14.0. The standard InChI is InChI=1S/C23H25N5O3S/c1-28(14-16-8-11-31-12-9-16)23-27-20(15-32-23)22(30)26-19-7-3-2-6-18(19)21(29)25-17-5-4-10-24-13-17/h2-7,10,13,15-16H,8-9,11-12,14H2,1H3,(H,25,29)(H,26,30). The number of hydrogen-bond donors (Lipinski definition) is 2. The molecule has 1 saturated heterocycles. The number of para-hydroxylation sites is 1. The van der Waals surface area contributed by atoms with E-state index < -0.39 is 0 Å². The maximum Gasteiger partial charge on any atom is 0.275 e. The molecule has 0 radical (unpaired) electrons. The van der Waals surface area contributed by atoms with Crippen LogP contribution in [0, 0.1) is 5.92 Å². The predicted octanol–water partition coefficient (Wildman–Crippen LogP) is 3.91. The minimum atomic E-state index is -0.353. The lowest BCUT2D eigenvalue weighted by Gasteiger charge is -2.26. The molecule has 4 rings (SSSR count). The molecule has 0 unspecified atom stereocenters. The molecule has 2 aromatic heterocycles. The summed E-state index contributed by atoms with van der Waals surface area (Å²) in [5, 5.41) is 8.14. The third kappa shape index (κ3) is 5.49. The van der Waals surface area contributed by atoms with Crippen molar-refractivity contribution in [3.8, 4) is 0 Å². The highest BCUT2D eigenvalue weighted by molar-refractivity contribution is 7.13. The van der Waals surface area contributed by atoms with Gasteiger partial charge in [0.15, 0.2) is 5.13 Å². The van der Waals surface area contributed by atoms with Crippen LogP contribution >= 0.6 is 11.3 Å². The van der Waals surface area contributed by atoms with Crippen LogP contribution in [0.1, 0.15) is 33.7 Å². The molecule has 0 aliphatic carbocycles. The van der Waals surface area contributed by atoms with Crippen LogP contribution in [0.15, 0.2) is 54.2 Å². The number of aromatic nitrogens is 2. The Bertz CT molecular complexity index is 1070. The zero-order chi connectivity index (χ0) is 22.3. The lowest BCUT2D eigenvalue weighted by molar-refractivity contribution is 0.0685. The quantitative estimate of drug-likeness (QED) is 0.566. The van der Waals surface area contributed by atoms with E-state index in [9.17, 15) is 9.59 Å². The SMILES string of the molecule is CN(CC1CCOCC1)c1nc(C(=O)Nc2ccccc2C(=O)Nc2cccnc2)cs1. The molecular formula is C23H25N5O3S. The summed E-state index contributed by atoms with van der Waals surface area (Å²) < 4.78 is 5.42. The number of carbonyl (C=O) groups is 2. The molecule has 1 aromatic carbocycles. The zero-order valence-electron chi connectivity index (χ0n) is 17.8. The molecule has 2 N–H and O–H groups in total. The summed E-state index contributed by atoms with van der Waals surface area (Å²) in [5.41, 5.74) is 1.68. The molecule has 2 amide bonds. The summed E-state index contributed by atoms with van der Waals surface area (Å²) in [6.07, 6.45) is 5.28. The highest BCUT2D eigenvalue weighted by Crippen LogP contribution is 2.24. The molecule has 1 aliphatic rings. The fraction of sp³-hybridized carbons (Fsp3) is 0.304. The lowest BCUT2D eigenvalue weighted by Crippen LogP contribution is -2.29. The van der Waals surface area contributed by atoms with Crippen molar-refractivity contribution in [3.63, 3.8) is 0 Å². The molecule has 166 valence electrons. The number of nitrogens with one attached hydrogen (secondary N) is 2. The van der Waals surface area contributed by atoms with Crippen LogP contribution in [0.25, 0.3) is 0 Å². The van der Waals surface area contributed by atoms with E-state index in [0.717, 1.165) is 37.7 Å². The average molecular weight is 452 g/mol. The Balaban J connectivity index is 1.41. The molecule has 8 nitrogen and oxygen atoms in total. The minimum absolute atomic E-state index is 0.325. The Morgan fingerprint density at radius 3 is 2.72 bits per heavy atom. The number of benzene rings is 1. The van der Waals surface area contributed by atoms with E-state index in [1.807, 2.05) is 7.05 Å². The Labute approximate surface area is 190 Å². The summed E-state index contributed by atoms with van der Waals surface area (Å²) in [6, 6.07) is 10.4. The highest BCUT2D eigenvalue weighted by atomic mass is 32.1. The van der Waals surface area contributed by atoms with Crippen LogP contribution in [-0.4, -0.2) is 48.6 Å². The van der Waals surface area contributed by atoms with E-state index in [1.165, 1.54) is 11.3 Å². The monoisotopic (exact) mass is 451 g/mol. The molecule has 0 spiro atoms. The van der Waals surface area contributed by atoms with Crippen LogP contribution < -0.4 is 15.5 Å². The second-order valence-corrected chi connectivity index (χ2v) is 8.48. The number of nitrogens with zero attached hydrogens (tertiary/aromatic N) is 3. The summed E-state index contributed by atoms with van der Waals surface area (Å²) in [5.74, 6) is -0.113. The van der Waals surface area contributed by atoms with Gasteiger partial charge in [0.1, 0.15) is 5.69 Å². The van der Waals surface area contributed by atoms with Crippen LogP contribution in [0.3, 0.4) is 0 Å². The zero-order valence-corrected chi connectivity index (χ0v) is 18.6. The lowest BCUT2D eigenvalue weighted by atomic mass is 10.0. The van der Waals surface area contributed by atoms with Crippen molar-refractivity contribution in [1.82, 2.24) is 9.97 Å². The Kier molecular flexibility index (Phi) is 7.08. The number of ether oxygens (including phenoxy) is 1. The van der Waals surface area contributed by atoms with Gasteiger partial charge in [-0.25, -0.2) is 4.98 Å². The number of pyridine rings is 1. The van der Waals surface area contributed by atoms with E-state index in [-0.39, 0.29) is 11.8 Å². The smallest absolute Gasteiger partial charge is 0.275 e. The van der Waals surface area contributed by atoms with Gasteiger partial charge in [-0.3, -0.25) is 14.6 Å². The van der Waals surface area contributed by atoms with Crippen molar-refractivity contribution in [1.29, 1.82) is 0 Å². The molecule has 1 fully saturated rings. The molecule has 9 heteroatoms. The van der Waals surface area contributed by atoms with Gasteiger partial charge in [0.05, 0.1) is 23.1 Å². The molecule has 32 heavy (non-hydrogen) atoms. The maximum absolute atomic E-state index is 12.8. The third-order valence-electron chi connectivity index (χ3n) is 5.26. The third-order valence-corrected chi connectivity index (χ3v) is 6.22. The minimum Gasteiger partial charge on any atom is -0.381 e. The number of hydrogen-bond acceptors (Lipinski definition) is 7. The Morgan fingerprint density at radius 1 is 1.12 bits per heavy atom. The van der Waals surface area contributed by atoms with Crippen molar-refractivity contribution in [3.05, 3.63) is 65.4 Å². The fourth-order valence-electron chi connectivity index (χ4n) is 3.55. The topological polar surface area (TPSA) is 96.5 Å². The molecule has 0 saturated carbocycles. The van der Waals surface area contributed by atoms with Gasteiger partial charge in [-0.05, 0) is 43.0 Å². The first-order valence-electron chi connectivity index (χ1n) is 10.5. The Hall–Kier alpha value is -3.30. The van der Waals surface area contributed by atoms with E-state index in [0.29, 0.717) is 28.6 Å². The first kappa shape index (κ1) is 21.9. The van der Waals surface area contributed by atoms with Crippen molar-refractivity contribution >= 4 is 39.7 Å². The van der Waals surface area contributed by atoms with Gasteiger partial charge in [-0.1, -0.05) is 12.1 Å². The Morgan fingerprint density at radius 2 is 1.94 bits per heavy atom. The number of amides is 2. The molecule has 3 aromatic rings. The number of thiazole rings is 1. The van der Waals surface area contributed by atoms with Gasteiger partial charge >= 0.3 is 0 Å². The van der Waals surface area contributed by atoms with Gasteiger partial charge in [-0.2, -0.15) is 0 Å². The van der Waals surface area contributed by atoms with Gasteiger partial charge in [0.25, 0.3) is 11.8 Å². The maximum atomic E-state index is 12.8. The first-order chi connectivity index (χ1) is 15.6. The first-order valence-corrected chi connectivity index (χ1v) is 11.3. The van der Waals surface area contributed by atoms with Gasteiger partial charge in [0.2, 0.25) is 0 Å². The molecule has 1 aliphatic heterocycles. The van der Waals surface area contributed by atoms with E-state index in [4.69, 9.17) is 4.74 Å². The number of carbonyl (C=O) groups excluding carboxylic acids is 2. The summed E-state index contributed by atoms with van der Waals surface area (Å²) in [6.45, 7) is 2.49. The van der Waals surface area contributed by atoms with Crippen LogP contribution in [0.2, 0.25) is 0 Å². The van der Waals surface area contributed by atoms with Crippen molar-refractivity contribution < 1.29 is 14.3 Å². The predicted molar refractivity (Wildman–Crippen MR) is 126 cm³/mol. The van der Waals surface area contributed by atoms with Gasteiger partial charge in [-0.15, -0.1) is 11.3 Å². The second-order valence-electron chi connectivity index (χ2n) is 7.65. The highest BCUT2D eigenvalue weighted by Gasteiger charge is 2.20. The van der Waals surface area contributed by atoms with Crippen LogP contribution in [0.5, 0.6) is 0 Å². The fourth-order valence-corrected chi connectivity index (χ4v) is 4.33. The van der Waals surface area contributed by atoms with Crippen LogP contribution in [-0.2, 0) is 4.74 Å². The van der Waals surface area contributed by atoms with Crippen LogP contribution in [0.4, 0.5) is 16.5 Å². The second kappa shape index (κ2) is 10.3. The molecule has 3 heterocycles. The average Bonchev–Trinajstić information content (AvgIpc) is 3.31. The summed E-state index contributed by atoms with van der Waals surface area (Å²) in [4.78, 5) is 36.1. The van der Waals surface area contributed by atoms with E-state index in [1.54, 1.807) is 54.2 Å². The van der Waals surface area contributed by atoms with E-state index >= 15 is 0 Å². The largest absolute Gasteiger partial charge is 0.381 e. The van der Waals surface area contributed by atoms with Crippen molar-refractivity contribution in [2.24, 2.45) is 5.92 Å². The number of anilines is 3. The molecular weight excluding hydrogens is 426 g/mol. The van der Waals surface area contributed by atoms with Crippen molar-refractivity contribution in [2.75, 3.05) is 42.3 Å². The van der Waals surface area contributed by atoms with Gasteiger partial charge in [0, 0.05) is 38.4 Å². The molecule has 0 atom stereocenters. The molecule has 0 bridgehead atoms. The van der Waals surface area contributed by atoms with Crippen molar-refractivity contribution in [2.45, 2.75) is 12.8 Å².